The molecule has 0 spiro atoms. The number of benzene rings is 1. The Morgan fingerprint density at radius 3 is 2.59 bits per heavy atom. The van der Waals surface area contributed by atoms with E-state index in [0.29, 0.717) is 12.1 Å². The zero-order chi connectivity index (χ0) is 23.7. The maximum absolute atomic E-state index is 13.5. The minimum atomic E-state index is -3.87. The second kappa shape index (κ2) is 9.70. The third-order valence-electron chi connectivity index (χ3n) is 5.94. The molecule has 0 saturated heterocycles. The molecular weight excluding hydrogens is 428 g/mol. The average molecular weight is 465 g/mol. The van der Waals surface area contributed by atoms with Crippen molar-refractivity contribution in [1.82, 2.24) is 9.21 Å². The summed E-state index contributed by atoms with van der Waals surface area (Å²) in [5, 5.41) is 19.7. The van der Waals surface area contributed by atoms with Gasteiger partial charge in [0, 0.05) is 37.2 Å². The summed E-state index contributed by atoms with van der Waals surface area (Å²) in [7, 11) is -1.80. The molecule has 0 radical (unpaired) electrons. The standard InChI is InChI=1S/C24H36N2O5S/c1-17-13-26(18(2)16-27)32(29,30)23-9-8-19(10-11-24(3,4)28)12-21(23)31-22(17)15-25(5)14-20-6-7-20/h8-9,12,17-18,20,22,27-28H,6-7,13-16H2,1-5H3/t17-,18-,22+/m0/s1. The van der Waals surface area contributed by atoms with Crippen LogP contribution in [0, 0.1) is 23.7 Å². The maximum atomic E-state index is 13.5. The molecule has 0 bridgehead atoms. The molecule has 0 unspecified atom stereocenters. The van der Waals surface area contributed by atoms with E-state index in [9.17, 15) is 18.6 Å². The lowest BCUT2D eigenvalue weighted by atomic mass is 10.0. The van der Waals surface area contributed by atoms with E-state index in [0.717, 1.165) is 12.5 Å². The highest BCUT2D eigenvalue weighted by molar-refractivity contribution is 7.89. The maximum Gasteiger partial charge on any atom is 0.247 e. The van der Waals surface area contributed by atoms with Gasteiger partial charge < -0.3 is 19.8 Å². The molecule has 8 heteroatoms. The van der Waals surface area contributed by atoms with E-state index in [1.54, 1.807) is 32.9 Å². The van der Waals surface area contributed by atoms with Crippen molar-refractivity contribution in [3.8, 4) is 17.6 Å². The van der Waals surface area contributed by atoms with Crippen molar-refractivity contribution in [3.05, 3.63) is 23.8 Å². The number of hydrogen-bond donors (Lipinski definition) is 2. The van der Waals surface area contributed by atoms with Gasteiger partial charge in [0.05, 0.1) is 6.61 Å². The highest BCUT2D eigenvalue weighted by Crippen LogP contribution is 2.35. The SMILES string of the molecule is C[C@H]1CN([C@@H](C)CO)S(=O)(=O)c2ccc(C#CC(C)(C)O)cc2O[C@@H]1CN(C)CC1CC1. The van der Waals surface area contributed by atoms with Crippen LogP contribution in [0.1, 0.15) is 46.1 Å². The number of rotatable bonds is 6. The number of ether oxygens (including phenoxy) is 1. The summed E-state index contributed by atoms with van der Waals surface area (Å²) in [5.41, 5.74) is -0.589. The van der Waals surface area contributed by atoms with E-state index < -0.39 is 21.7 Å². The predicted octanol–water partition coefficient (Wildman–Crippen LogP) is 1.92. The van der Waals surface area contributed by atoms with Crippen LogP contribution < -0.4 is 4.74 Å². The molecule has 0 aromatic heterocycles. The van der Waals surface area contributed by atoms with Crippen molar-refractivity contribution in [2.45, 2.75) is 63.2 Å². The van der Waals surface area contributed by atoms with Crippen molar-refractivity contribution in [2.75, 3.05) is 33.3 Å². The Labute approximate surface area is 192 Å². The van der Waals surface area contributed by atoms with Crippen LogP contribution in [-0.4, -0.2) is 78.9 Å². The van der Waals surface area contributed by atoms with Gasteiger partial charge in [-0.2, -0.15) is 4.31 Å². The number of aliphatic hydroxyl groups excluding tert-OH is 1. The third-order valence-corrected chi connectivity index (χ3v) is 7.96. The number of aliphatic hydroxyl groups is 2. The first-order chi connectivity index (χ1) is 14.9. The molecule has 3 rings (SSSR count). The van der Waals surface area contributed by atoms with Gasteiger partial charge in [-0.05, 0) is 64.8 Å². The molecule has 1 saturated carbocycles. The first-order valence-electron chi connectivity index (χ1n) is 11.3. The van der Waals surface area contributed by atoms with Gasteiger partial charge in [0.2, 0.25) is 10.0 Å². The highest BCUT2D eigenvalue weighted by Gasteiger charge is 2.38. The summed E-state index contributed by atoms with van der Waals surface area (Å²) in [6.45, 7) is 8.58. The number of hydrogen-bond acceptors (Lipinski definition) is 6. The first kappa shape index (κ1) is 25.0. The van der Waals surface area contributed by atoms with Crippen LogP contribution in [0.25, 0.3) is 0 Å². The molecule has 178 valence electrons. The van der Waals surface area contributed by atoms with Crippen LogP contribution in [0.15, 0.2) is 23.1 Å². The van der Waals surface area contributed by atoms with Crippen LogP contribution in [0.2, 0.25) is 0 Å². The normalized spacial score (nSPS) is 24.5. The highest BCUT2D eigenvalue weighted by atomic mass is 32.2. The Morgan fingerprint density at radius 1 is 1.31 bits per heavy atom. The van der Waals surface area contributed by atoms with Gasteiger partial charge in [-0.3, -0.25) is 0 Å². The first-order valence-corrected chi connectivity index (χ1v) is 12.7. The number of nitrogens with zero attached hydrogens (tertiary/aromatic N) is 2. The summed E-state index contributed by atoms with van der Waals surface area (Å²) >= 11 is 0. The lowest BCUT2D eigenvalue weighted by Crippen LogP contribution is -2.49. The molecule has 0 amide bonds. The summed E-state index contributed by atoms with van der Waals surface area (Å²) in [6.07, 6.45) is 2.30. The van der Waals surface area contributed by atoms with Crippen molar-refractivity contribution in [1.29, 1.82) is 0 Å². The van der Waals surface area contributed by atoms with E-state index >= 15 is 0 Å². The predicted molar refractivity (Wildman–Crippen MR) is 124 cm³/mol. The monoisotopic (exact) mass is 464 g/mol. The van der Waals surface area contributed by atoms with E-state index in [4.69, 9.17) is 4.74 Å². The molecule has 1 aliphatic heterocycles. The van der Waals surface area contributed by atoms with Gasteiger partial charge in [0.25, 0.3) is 0 Å². The molecule has 1 aliphatic carbocycles. The molecule has 1 heterocycles. The van der Waals surface area contributed by atoms with Gasteiger partial charge in [0.15, 0.2) is 0 Å². The largest absolute Gasteiger partial charge is 0.487 e. The van der Waals surface area contributed by atoms with E-state index in [1.807, 2.05) is 6.92 Å². The van der Waals surface area contributed by atoms with Crippen molar-refractivity contribution >= 4 is 10.0 Å². The van der Waals surface area contributed by atoms with Crippen LogP contribution in [0.4, 0.5) is 0 Å². The number of likely N-dealkylation sites (N-methyl/N-ethyl adjacent to an activating group) is 1. The minimum absolute atomic E-state index is 0.0772. The lowest BCUT2D eigenvalue weighted by Gasteiger charge is -2.37. The van der Waals surface area contributed by atoms with Gasteiger partial charge in [-0.1, -0.05) is 18.8 Å². The zero-order valence-electron chi connectivity index (χ0n) is 19.7. The second-order valence-electron chi connectivity index (χ2n) is 9.88. The molecule has 1 fully saturated rings. The van der Waals surface area contributed by atoms with E-state index in [-0.39, 0.29) is 35.8 Å². The Bertz CT molecular complexity index is 972. The summed E-state index contributed by atoms with van der Waals surface area (Å²) in [6, 6.07) is 4.23. The molecule has 3 atom stereocenters. The smallest absolute Gasteiger partial charge is 0.247 e. The van der Waals surface area contributed by atoms with Crippen molar-refractivity contribution < 1.29 is 23.4 Å². The van der Waals surface area contributed by atoms with Crippen molar-refractivity contribution in [2.24, 2.45) is 11.8 Å². The molecule has 2 N–H and O–H groups in total. The van der Waals surface area contributed by atoms with E-state index in [2.05, 4.69) is 23.8 Å². The van der Waals surface area contributed by atoms with Gasteiger partial charge in [-0.25, -0.2) is 8.42 Å². The van der Waals surface area contributed by atoms with Crippen LogP contribution in [0.5, 0.6) is 5.75 Å². The van der Waals surface area contributed by atoms with Crippen LogP contribution in [0.3, 0.4) is 0 Å². The number of fused-ring (bicyclic) bond motifs is 1. The lowest BCUT2D eigenvalue weighted by molar-refractivity contribution is 0.0740. The quantitative estimate of drug-likeness (QED) is 0.625. The number of sulfonamides is 1. The fourth-order valence-corrected chi connectivity index (χ4v) is 5.70. The van der Waals surface area contributed by atoms with Crippen LogP contribution >= 0.6 is 0 Å². The Balaban J connectivity index is 2.02. The molecular formula is C24H36N2O5S. The third kappa shape index (κ3) is 6.24. The van der Waals surface area contributed by atoms with E-state index in [1.165, 1.54) is 23.2 Å². The minimum Gasteiger partial charge on any atom is -0.487 e. The Hall–Kier alpha value is -1.63. The molecule has 32 heavy (non-hydrogen) atoms. The fraction of sp³-hybridized carbons (Fsp3) is 0.667. The van der Waals surface area contributed by atoms with Gasteiger partial charge in [0.1, 0.15) is 22.4 Å². The summed E-state index contributed by atoms with van der Waals surface area (Å²) < 4.78 is 34.7. The Morgan fingerprint density at radius 2 is 2.00 bits per heavy atom. The molecule has 2 aliphatic rings. The van der Waals surface area contributed by atoms with Crippen LogP contribution in [-0.2, 0) is 10.0 Å². The van der Waals surface area contributed by atoms with Gasteiger partial charge >= 0.3 is 0 Å². The van der Waals surface area contributed by atoms with Gasteiger partial charge in [-0.15, -0.1) is 0 Å². The van der Waals surface area contributed by atoms with Crippen molar-refractivity contribution in [3.63, 3.8) is 0 Å². The summed E-state index contributed by atoms with van der Waals surface area (Å²) in [5.74, 6) is 6.59. The summed E-state index contributed by atoms with van der Waals surface area (Å²) in [4.78, 5) is 2.33. The fourth-order valence-electron chi connectivity index (χ4n) is 3.87. The topological polar surface area (TPSA) is 90.3 Å². The zero-order valence-corrected chi connectivity index (χ0v) is 20.5. The average Bonchev–Trinajstić information content (AvgIpc) is 3.51. The molecule has 1 aromatic carbocycles. The Kier molecular flexibility index (Phi) is 7.58. The molecule has 1 aromatic rings. The second-order valence-corrected chi connectivity index (χ2v) is 11.7. The molecule has 7 nitrogen and oxygen atoms in total.